The number of ether oxygens (including phenoxy) is 1. The molecule has 0 unspecified atom stereocenters. The second kappa shape index (κ2) is 7.58. The summed E-state index contributed by atoms with van der Waals surface area (Å²) in [6, 6.07) is 16.0. The smallest absolute Gasteiger partial charge is 0.312 e. The van der Waals surface area contributed by atoms with Gasteiger partial charge in [-0.15, -0.1) is 11.3 Å². The Morgan fingerprint density at radius 2 is 2.00 bits per heavy atom. The maximum Gasteiger partial charge on any atom is 0.312 e. The molecule has 3 aromatic heterocycles. The fraction of sp³-hybridized carbons (Fsp3) is 0.292. The Kier molecular flexibility index (Phi) is 4.76. The van der Waals surface area contributed by atoms with Gasteiger partial charge in [-0.05, 0) is 37.1 Å². The van der Waals surface area contributed by atoms with E-state index in [4.69, 9.17) is 9.72 Å². The minimum atomic E-state index is -0.514. The molecule has 6 heteroatoms. The molecule has 5 rings (SSSR count). The maximum atomic E-state index is 13.2. The minimum Gasteiger partial charge on any atom is -0.460 e. The molecular weight excluding hydrogens is 394 g/mol. The summed E-state index contributed by atoms with van der Waals surface area (Å²) in [6.07, 6.45) is 8.09. The summed E-state index contributed by atoms with van der Waals surface area (Å²) < 4.78 is 8.85. The van der Waals surface area contributed by atoms with Crippen molar-refractivity contribution in [2.75, 3.05) is 0 Å². The topological polar surface area (TPSA) is 67.4 Å². The third-order valence-electron chi connectivity index (χ3n) is 6.05. The largest absolute Gasteiger partial charge is 0.460 e. The lowest BCUT2D eigenvalue weighted by molar-refractivity contribution is -0.157. The molecule has 0 N–H and O–H groups in total. The third-order valence-corrected chi connectivity index (χ3v) is 7.09. The second-order valence-electron chi connectivity index (χ2n) is 7.95. The number of thiazole rings is 1. The van der Waals surface area contributed by atoms with E-state index < -0.39 is 5.41 Å². The Bertz CT molecular complexity index is 1240. The minimum absolute atomic E-state index is 0.116. The zero-order chi connectivity index (χ0) is 20.6. The van der Waals surface area contributed by atoms with Gasteiger partial charge in [0.1, 0.15) is 12.7 Å². The van der Waals surface area contributed by atoms with Crippen molar-refractivity contribution in [1.82, 2.24) is 9.38 Å². The Morgan fingerprint density at radius 1 is 1.20 bits per heavy atom. The number of hydrogen-bond donors (Lipinski definition) is 0. The van der Waals surface area contributed by atoms with Gasteiger partial charge in [-0.25, -0.2) is 4.98 Å². The highest BCUT2D eigenvalue weighted by Crippen LogP contribution is 2.43. The molecule has 1 aromatic carbocycles. The average Bonchev–Trinajstić information content (AvgIpc) is 3.48. The first kappa shape index (κ1) is 18.8. The molecule has 5 nitrogen and oxygen atoms in total. The highest BCUT2D eigenvalue weighted by Gasteiger charge is 2.43. The standard InChI is InChI=1S/C24H21N3O2S/c25-14-18-17(15-27-12-6-3-8-20(18)27)16-29-23(28)24(10-4-5-11-24)13-22-26-19-7-1-2-9-21(19)30-22/h1-3,6-9,12,15H,4-5,10-11,13,16H2. The van der Waals surface area contributed by atoms with Crippen LogP contribution in [0.15, 0.2) is 54.9 Å². The van der Waals surface area contributed by atoms with Crippen molar-refractivity contribution in [1.29, 1.82) is 5.26 Å². The van der Waals surface area contributed by atoms with Crippen LogP contribution < -0.4 is 0 Å². The van der Waals surface area contributed by atoms with Crippen molar-refractivity contribution >= 4 is 33.0 Å². The van der Waals surface area contributed by atoms with Crippen LogP contribution in [0, 0.1) is 16.7 Å². The van der Waals surface area contributed by atoms with Crippen LogP contribution in [0.5, 0.6) is 0 Å². The van der Waals surface area contributed by atoms with Crippen molar-refractivity contribution in [2.45, 2.75) is 38.7 Å². The van der Waals surface area contributed by atoms with E-state index in [9.17, 15) is 10.1 Å². The predicted molar refractivity (Wildman–Crippen MR) is 116 cm³/mol. The summed E-state index contributed by atoms with van der Waals surface area (Å²) in [5.41, 5.74) is 2.61. The molecule has 1 fully saturated rings. The van der Waals surface area contributed by atoms with Crippen LogP contribution in [0.25, 0.3) is 15.7 Å². The molecule has 0 atom stereocenters. The van der Waals surface area contributed by atoms with Gasteiger partial charge >= 0.3 is 5.97 Å². The van der Waals surface area contributed by atoms with Gasteiger partial charge < -0.3 is 9.14 Å². The lowest BCUT2D eigenvalue weighted by Gasteiger charge is -2.25. The number of aromatic nitrogens is 2. The Balaban J connectivity index is 1.37. The number of pyridine rings is 1. The molecule has 1 saturated carbocycles. The van der Waals surface area contributed by atoms with Gasteiger partial charge in [-0.2, -0.15) is 5.26 Å². The van der Waals surface area contributed by atoms with Gasteiger partial charge in [0.2, 0.25) is 0 Å². The fourth-order valence-electron chi connectivity index (χ4n) is 4.50. The Morgan fingerprint density at radius 3 is 2.80 bits per heavy atom. The molecule has 1 aliphatic carbocycles. The Labute approximate surface area is 178 Å². The zero-order valence-corrected chi connectivity index (χ0v) is 17.3. The average molecular weight is 416 g/mol. The SMILES string of the molecule is N#Cc1c(COC(=O)C2(Cc3nc4ccccc4s3)CCCC2)cn2ccccc12. The number of esters is 1. The third kappa shape index (κ3) is 3.25. The molecule has 0 radical (unpaired) electrons. The highest BCUT2D eigenvalue weighted by atomic mass is 32.1. The van der Waals surface area contributed by atoms with E-state index in [2.05, 4.69) is 12.1 Å². The lowest BCUT2D eigenvalue weighted by Crippen LogP contribution is -2.32. The zero-order valence-electron chi connectivity index (χ0n) is 16.5. The quantitative estimate of drug-likeness (QED) is 0.417. The number of carbonyl (C=O) groups excluding carboxylic acids is 1. The number of nitriles is 1. The number of nitrogens with zero attached hydrogens (tertiary/aromatic N) is 3. The normalized spacial score (nSPS) is 15.4. The number of carbonyl (C=O) groups is 1. The summed E-state index contributed by atoms with van der Waals surface area (Å²) in [6.45, 7) is 0.116. The van der Waals surface area contributed by atoms with Crippen molar-refractivity contribution in [3.05, 3.63) is 71.0 Å². The number of rotatable bonds is 5. The summed E-state index contributed by atoms with van der Waals surface area (Å²) in [5.74, 6) is -0.168. The molecule has 150 valence electrons. The molecular formula is C24H21N3O2S. The van der Waals surface area contributed by atoms with Gasteiger partial charge in [-0.1, -0.05) is 31.0 Å². The van der Waals surface area contributed by atoms with Crippen LogP contribution >= 0.6 is 11.3 Å². The molecule has 0 amide bonds. The summed E-state index contributed by atoms with van der Waals surface area (Å²) in [5, 5.41) is 10.6. The van der Waals surface area contributed by atoms with Crippen LogP contribution in [-0.2, 0) is 22.6 Å². The van der Waals surface area contributed by atoms with Crippen molar-refractivity contribution < 1.29 is 9.53 Å². The van der Waals surface area contributed by atoms with E-state index in [-0.39, 0.29) is 12.6 Å². The van der Waals surface area contributed by atoms with Gasteiger partial charge in [0.05, 0.1) is 31.7 Å². The number of para-hydroxylation sites is 1. The van der Waals surface area contributed by atoms with Crippen LogP contribution in [-0.4, -0.2) is 15.4 Å². The summed E-state index contributed by atoms with van der Waals surface area (Å²) >= 11 is 1.66. The monoisotopic (exact) mass is 415 g/mol. The van der Waals surface area contributed by atoms with E-state index in [0.717, 1.165) is 52.0 Å². The van der Waals surface area contributed by atoms with E-state index in [1.807, 2.05) is 53.2 Å². The number of benzene rings is 1. The van der Waals surface area contributed by atoms with Gasteiger partial charge in [-0.3, -0.25) is 4.79 Å². The first-order valence-corrected chi connectivity index (χ1v) is 11.0. The van der Waals surface area contributed by atoms with Crippen molar-refractivity contribution in [3.8, 4) is 6.07 Å². The Hall–Kier alpha value is -3.17. The predicted octanol–water partition coefficient (Wildman–Crippen LogP) is 5.27. The van der Waals surface area contributed by atoms with Crippen LogP contribution in [0.1, 0.15) is 41.8 Å². The summed E-state index contributed by atoms with van der Waals surface area (Å²) in [4.78, 5) is 18.0. The van der Waals surface area contributed by atoms with E-state index in [1.54, 1.807) is 11.3 Å². The highest BCUT2D eigenvalue weighted by molar-refractivity contribution is 7.18. The molecule has 3 heterocycles. The van der Waals surface area contributed by atoms with Crippen molar-refractivity contribution in [2.24, 2.45) is 5.41 Å². The van der Waals surface area contributed by atoms with Gasteiger partial charge in [0.25, 0.3) is 0 Å². The second-order valence-corrected chi connectivity index (χ2v) is 9.07. The molecule has 0 spiro atoms. The first-order chi connectivity index (χ1) is 14.7. The molecule has 0 aliphatic heterocycles. The number of hydrogen-bond acceptors (Lipinski definition) is 5. The molecule has 30 heavy (non-hydrogen) atoms. The van der Waals surface area contributed by atoms with Crippen molar-refractivity contribution in [3.63, 3.8) is 0 Å². The summed E-state index contributed by atoms with van der Waals surface area (Å²) in [7, 11) is 0. The van der Waals surface area contributed by atoms with Crippen LogP contribution in [0.4, 0.5) is 0 Å². The van der Waals surface area contributed by atoms with E-state index in [1.165, 1.54) is 0 Å². The molecule has 4 aromatic rings. The lowest BCUT2D eigenvalue weighted by atomic mass is 9.83. The number of fused-ring (bicyclic) bond motifs is 2. The van der Waals surface area contributed by atoms with Gasteiger partial charge in [0, 0.05) is 24.4 Å². The first-order valence-electron chi connectivity index (χ1n) is 10.2. The van der Waals surface area contributed by atoms with Crippen LogP contribution in [0.2, 0.25) is 0 Å². The van der Waals surface area contributed by atoms with E-state index in [0.29, 0.717) is 12.0 Å². The van der Waals surface area contributed by atoms with E-state index >= 15 is 0 Å². The van der Waals surface area contributed by atoms with Gasteiger partial charge in [0.15, 0.2) is 0 Å². The molecule has 0 bridgehead atoms. The maximum absolute atomic E-state index is 13.2. The fourth-order valence-corrected chi connectivity index (χ4v) is 5.61. The molecule has 0 saturated heterocycles. The molecule has 1 aliphatic rings. The van der Waals surface area contributed by atoms with Crippen LogP contribution in [0.3, 0.4) is 0 Å².